The molecule has 5 heteroatoms. The molecule has 0 aliphatic heterocycles. The molecule has 41 heavy (non-hydrogen) atoms. The monoisotopic (exact) mass is 579 g/mol. The molecular weight excluding hydrogens is 520 g/mol. The molecule has 0 amide bonds. The molecule has 0 bridgehead atoms. The molecule has 3 rings (SSSR count). The van der Waals surface area contributed by atoms with Crippen molar-refractivity contribution < 1.29 is 0 Å². The summed E-state index contributed by atoms with van der Waals surface area (Å²) >= 11 is 1.77. The van der Waals surface area contributed by atoms with Crippen LogP contribution in [0.2, 0.25) is 0 Å². The lowest BCUT2D eigenvalue weighted by Gasteiger charge is -2.24. The standard InChI is InChI=1S/C13H21N.C12H20N2.C11H18NS/c1-12(2,3)10-7-8-11(14-9-10)13(4,5)6;1-11(2,3)9-7-14-10(8-13-9)12(4,5)6;1-10(2,3)8-7-12-9(13-8)11(4,5)6/h7-9H,1-6H3;7-8H,1-6H3;7H,1H2,2-6H3/q;;-1. The Labute approximate surface area is 257 Å². The van der Waals surface area contributed by atoms with E-state index in [0.29, 0.717) is 0 Å². The zero-order valence-corrected chi connectivity index (χ0v) is 30.2. The van der Waals surface area contributed by atoms with Gasteiger partial charge in [-0.2, -0.15) is 0 Å². The molecule has 0 spiro atoms. The summed E-state index contributed by atoms with van der Waals surface area (Å²) in [5, 5.41) is 1.19. The molecule has 3 aromatic rings. The van der Waals surface area contributed by atoms with E-state index in [9.17, 15) is 0 Å². The Morgan fingerprint density at radius 2 is 0.878 bits per heavy atom. The number of nitrogens with zero attached hydrogens (tertiary/aromatic N) is 4. The summed E-state index contributed by atoms with van der Waals surface area (Å²) in [7, 11) is 0. The van der Waals surface area contributed by atoms with Crippen LogP contribution in [0.4, 0.5) is 0 Å². The van der Waals surface area contributed by atoms with Gasteiger partial charge in [0.25, 0.3) is 0 Å². The predicted octanol–water partition coefficient (Wildman–Crippen LogP) is 10.3. The first-order valence-corrected chi connectivity index (χ1v) is 15.6. The highest BCUT2D eigenvalue weighted by molar-refractivity contribution is 7.11. The molecule has 4 nitrogen and oxygen atoms in total. The first kappa shape index (κ1) is 36.9. The first-order valence-electron chi connectivity index (χ1n) is 14.8. The van der Waals surface area contributed by atoms with Gasteiger partial charge < -0.3 is 6.92 Å². The molecule has 0 fully saturated rings. The average Bonchev–Trinajstić information content (AvgIpc) is 3.30. The summed E-state index contributed by atoms with van der Waals surface area (Å²) < 4.78 is 0. The van der Waals surface area contributed by atoms with Crippen LogP contribution >= 0.6 is 11.3 Å². The molecule has 0 aliphatic carbocycles. The summed E-state index contributed by atoms with van der Waals surface area (Å²) in [5.74, 6) is 0. The summed E-state index contributed by atoms with van der Waals surface area (Å²) in [4.78, 5) is 19.1. The second kappa shape index (κ2) is 13.0. The van der Waals surface area contributed by atoms with Crippen molar-refractivity contribution in [2.75, 3.05) is 0 Å². The maximum Gasteiger partial charge on any atom is 0.0980 e. The Morgan fingerprint density at radius 1 is 0.463 bits per heavy atom. The van der Waals surface area contributed by atoms with Crippen molar-refractivity contribution in [3.05, 3.63) is 76.4 Å². The van der Waals surface area contributed by atoms with Gasteiger partial charge in [0.05, 0.1) is 16.4 Å². The van der Waals surface area contributed by atoms with Crippen molar-refractivity contribution in [3.63, 3.8) is 0 Å². The minimum absolute atomic E-state index is 0.0127. The van der Waals surface area contributed by atoms with E-state index in [1.807, 2.05) is 24.8 Å². The Hall–Kier alpha value is -2.14. The quantitative estimate of drug-likeness (QED) is 0.269. The van der Waals surface area contributed by atoms with Gasteiger partial charge in [0.2, 0.25) is 0 Å². The van der Waals surface area contributed by atoms with E-state index in [2.05, 4.69) is 157 Å². The van der Waals surface area contributed by atoms with Gasteiger partial charge in [-0.15, -0.1) is 16.8 Å². The summed E-state index contributed by atoms with van der Waals surface area (Å²) in [5.41, 5.74) is 5.22. The molecule has 3 heterocycles. The van der Waals surface area contributed by atoms with Gasteiger partial charge in [0.15, 0.2) is 0 Å². The van der Waals surface area contributed by atoms with E-state index in [1.165, 1.54) is 15.4 Å². The van der Waals surface area contributed by atoms with Crippen molar-refractivity contribution in [2.45, 2.75) is 150 Å². The maximum absolute atomic E-state index is 4.52. The Morgan fingerprint density at radius 3 is 1.10 bits per heavy atom. The zero-order chi connectivity index (χ0) is 32.2. The number of aromatic nitrogens is 4. The molecule has 0 unspecified atom stereocenters. The first-order chi connectivity index (χ1) is 18.1. The van der Waals surface area contributed by atoms with E-state index >= 15 is 0 Å². The third-order valence-corrected chi connectivity index (χ3v) is 8.19. The number of thiazole rings is 1. The molecule has 0 aliphatic rings. The normalized spacial score (nSPS) is 13.1. The van der Waals surface area contributed by atoms with Crippen LogP contribution < -0.4 is 0 Å². The minimum atomic E-state index is -0.0127. The topological polar surface area (TPSA) is 51.6 Å². The van der Waals surface area contributed by atoms with Crippen LogP contribution in [0.25, 0.3) is 0 Å². The third kappa shape index (κ3) is 12.3. The largest absolute Gasteiger partial charge is 0.333 e. The van der Waals surface area contributed by atoms with Gasteiger partial charge in [-0.25, -0.2) is 4.98 Å². The maximum atomic E-state index is 4.52. The molecule has 0 aromatic carbocycles. The smallest absolute Gasteiger partial charge is 0.0980 e. The van der Waals surface area contributed by atoms with Crippen molar-refractivity contribution >= 4 is 11.3 Å². The molecule has 0 saturated carbocycles. The Bertz CT molecular complexity index is 1030. The molecule has 0 saturated heterocycles. The minimum Gasteiger partial charge on any atom is -0.333 e. The van der Waals surface area contributed by atoms with Crippen LogP contribution in [0.5, 0.6) is 0 Å². The SMILES string of the molecule is CC(C)(C)c1ccc(C(C)(C)C)nc1.CC(C)(C)c1cnc(C(C)(C)C)cn1.[CH2-]C(C)(C)c1cnc(C(C)(C)C)s1. The predicted molar refractivity (Wildman–Crippen MR) is 180 cm³/mol. The van der Waals surface area contributed by atoms with E-state index < -0.39 is 0 Å². The van der Waals surface area contributed by atoms with Crippen LogP contribution in [0.3, 0.4) is 0 Å². The van der Waals surface area contributed by atoms with E-state index in [0.717, 1.165) is 17.1 Å². The highest BCUT2D eigenvalue weighted by Gasteiger charge is 2.21. The molecule has 0 N–H and O–H groups in total. The Balaban J connectivity index is 0.000000308. The van der Waals surface area contributed by atoms with Gasteiger partial charge in [0, 0.05) is 57.0 Å². The van der Waals surface area contributed by atoms with Gasteiger partial charge in [-0.1, -0.05) is 124 Å². The number of pyridine rings is 1. The lowest BCUT2D eigenvalue weighted by molar-refractivity contribution is 0.539. The molecular formula is C36H59N4S-. The number of rotatable bonds is 1. The summed E-state index contributed by atoms with van der Waals surface area (Å²) in [6.45, 7) is 41.0. The highest BCUT2D eigenvalue weighted by Crippen LogP contribution is 2.33. The van der Waals surface area contributed by atoms with E-state index in [4.69, 9.17) is 0 Å². The van der Waals surface area contributed by atoms with Crippen LogP contribution in [0, 0.1) is 6.92 Å². The van der Waals surface area contributed by atoms with E-state index in [-0.39, 0.29) is 32.5 Å². The van der Waals surface area contributed by atoms with Crippen LogP contribution in [0.15, 0.2) is 36.9 Å². The van der Waals surface area contributed by atoms with Crippen molar-refractivity contribution in [3.8, 4) is 0 Å². The highest BCUT2D eigenvalue weighted by atomic mass is 32.1. The van der Waals surface area contributed by atoms with Crippen molar-refractivity contribution in [1.82, 2.24) is 19.9 Å². The number of hydrogen-bond acceptors (Lipinski definition) is 5. The van der Waals surface area contributed by atoms with Gasteiger partial charge in [-0.3, -0.25) is 15.0 Å². The summed E-state index contributed by atoms with van der Waals surface area (Å²) in [6, 6.07) is 4.33. The lowest BCUT2D eigenvalue weighted by atomic mass is 9.86. The molecule has 3 aromatic heterocycles. The number of hydrogen-bond donors (Lipinski definition) is 0. The van der Waals surface area contributed by atoms with Gasteiger partial charge in [-0.05, 0) is 17.0 Å². The lowest BCUT2D eigenvalue weighted by Crippen LogP contribution is -2.18. The van der Waals surface area contributed by atoms with Gasteiger partial charge >= 0.3 is 0 Å². The fraction of sp³-hybridized carbons (Fsp3) is 0.639. The van der Waals surface area contributed by atoms with Crippen molar-refractivity contribution in [2.24, 2.45) is 0 Å². The average molecular weight is 580 g/mol. The molecule has 230 valence electrons. The van der Waals surface area contributed by atoms with Crippen LogP contribution in [-0.4, -0.2) is 19.9 Å². The third-order valence-electron chi connectivity index (χ3n) is 6.40. The van der Waals surface area contributed by atoms with Gasteiger partial charge in [0.1, 0.15) is 0 Å². The fourth-order valence-corrected chi connectivity index (χ4v) is 4.32. The molecule has 0 atom stereocenters. The summed E-state index contributed by atoms with van der Waals surface area (Å²) in [6.07, 6.45) is 7.74. The van der Waals surface area contributed by atoms with Crippen LogP contribution in [-0.2, 0) is 32.5 Å². The fourth-order valence-electron chi connectivity index (χ4n) is 3.32. The van der Waals surface area contributed by atoms with E-state index in [1.54, 1.807) is 11.3 Å². The zero-order valence-electron chi connectivity index (χ0n) is 29.4. The van der Waals surface area contributed by atoms with Crippen LogP contribution in [0.1, 0.15) is 150 Å². The Kier molecular flexibility index (Phi) is 11.7. The second-order valence-corrected chi connectivity index (χ2v) is 17.9. The second-order valence-electron chi connectivity index (χ2n) is 16.9. The molecule has 0 radical (unpaired) electrons. The van der Waals surface area contributed by atoms with Crippen molar-refractivity contribution in [1.29, 1.82) is 0 Å².